The highest BCUT2D eigenvalue weighted by atomic mass is 32.1. The molecule has 2 N–H and O–H groups in total. The number of allylic oxidation sites excluding steroid dienone is 4. The van der Waals surface area contributed by atoms with Crippen LogP contribution < -0.4 is 5.32 Å². The number of carbonyl (C=O) groups is 3. The Kier molecular flexibility index (Phi) is 14.1. The third kappa shape index (κ3) is 10.7. The van der Waals surface area contributed by atoms with E-state index in [0.29, 0.717) is 44.0 Å². The third-order valence-corrected chi connectivity index (χ3v) is 8.63. The van der Waals surface area contributed by atoms with Crippen molar-refractivity contribution in [2.24, 2.45) is 0 Å². The number of carbonyl (C=O) groups excluding carboxylic acids is 2. The van der Waals surface area contributed by atoms with Gasteiger partial charge in [-0.25, -0.2) is 4.39 Å². The van der Waals surface area contributed by atoms with Crippen LogP contribution in [0.1, 0.15) is 93.0 Å². The van der Waals surface area contributed by atoms with Crippen LogP contribution >= 0.6 is 12.2 Å². The molecular weight excluding hydrogens is 565 g/mol. The van der Waals surface area contributed by atoms with Gasteiger partial charge in [0.15, 0.2) is 0 Å². The summed E-state index contributed by atoms with van der Waals surface area (Å²) in [6.07, 6.45) is 15.0. The van der Waals surface area contributed by atoms with Crippen molar-refractivity contribution < 1.29 is 23.9 Å². The number of hydrogen-bond donors (Lipinski definition) is 2. The van der Waals surface area contributed by atoms with Crippen molar-refractivity contribution in [2.45, 2.75) is 83.5 Å². The number of likely N-dealkylation sites (N-methyl/N-ethyl adjacent to an activating group) is 1. The van der Waals surface area contributed by atoms with Crippen molar-refractivity contribution >= 4 is 35.0 Å². The molecule has 3 rings (SSSR count). The summed E-state index contributed by atoms with van der Waals surface area (Å²) in [5, 5.41) is 11.7. The number of thiocarbonyl (C=S) groups is 1. The first kappa shape index (κ1) is 34.2. The number of benzene rings is 1. The van der Waals surface area contributed by atoms with Gasteiger partial charge in [-0.1, -0.05) is 75.5 Å². The van der Waals surface area contributed by atoms with E-state index in [1.807, 2.05) is 18.0 Å². The number of carboxylic acids is 1. The molecule has 0 atom stereocenters. The van der Waals surface area contributed by atoms with Crippen LogP contribution in [0.5, 0.6) is 0 Å². The van der Waals surface area contributed by atoms with Gasteiger partial charge in [-0.15, -0.1) is 0 Å². The van der Waals surface area contributed by atoms with Gasteiger partial charge in [0.05, 0.1) is 5.56 Å². The van der Waals surface area contributed by atoms with Crippen LogP contribution in [-0.2, 0) is 16.0 Å². The molecule has 7 nitrogen and oxygen atoms in total. The number of carboxylic acid groups (broad SMARTS) is 1. The molecule has 1 saturated heterocycles. The van der Waals surface area contributed by atoms with Crippen LogP contribution in [0.4, 0.5) is 4.39 Å². The van der Waals surface area contributed by atoms with Crippen molar-refractivity contribution in [3.8, 4) is 0 Å². The summed E-state index contributed by atoms with van der Waals surface area (Å²) in [5.74, 6) is -1.53. The van der Waals surface area contributed by atoms with E-state index < -0.39 is 11.8 Å². The number of piperazine rings is 1. The summed E-state index contributed by atoms with van der Waals surface area (Å²) in [6.45, 7) is 5.93. The molecule has 0 radical (unpaired) electrons. The Labute approximate surface area is 260 Å². The number of aliphatic carboxylic acids is 1. The Hall–Kier alpha value is -3.33. The minimum absolute atomic E-state index is 0.0473. The zero-order valence-corrected chi connectivity index (χ0v) is 26.3. The van der Waals surface area contributed by atoms with Crippen LogP contribution in [0.15, 0.2) is 53.6 Å². The topological polar surface area (TPSA) is 90.0 Å². The first-order chi connectivity index (χ1) is 20.7. The minimum Gasteiger partial charge on any atom is -0.481 e. The summed E-state index contributed by atoms with van der Waals surface area (Å²) in [4.78, 5) is 40.7. The van der Waals surface area contributed by atoms with Crippen LogP contribution in [0.25, 0.3) is 0 Å². The molecule has 1 aromatic carbocycles. The molecule has 1 aliphatic carbocycles. The number of rotatable bonds is 16. The lowest BCUT2D eigenvalue weighted by atomic mass is 9.89. The van der Waals surface area contributed by atoms with E-state index >= 15 is 0 Å². The van der Waals surface area contributed by atoms with Gasteiger partial charge in [0.1, 0.15) is 10.8 Å². The minimum atomic E-state index is -0.731. The Morgan fingerprint density at radius 1 is 0.953 bits per heavy atom. The van der Waals surface area contributed by atoms with E-state index in [0.717, 1.165) is 86.5 Å². The van der Waals surface area contributed by atoms with Gasteiger partial charge >= 0.3 is 5.97 Å². The molecular formula is C34H46FN3O4S. The second kappa shape index (κ2) is 17.7. The zero-order valence-electron chi connectivity index (χ0n) is 25.5. The molecule has 0 bridgehead atoms. The Balaban J connectivity index is 1.43. The number of nitrogens with one attached hydrogen (secondary N) is 1. The van der Waals surface area contributed by atoms with Crippen LogP contribution in [0, 0.1) is 5.82 Å². The van der Waals surface area contributed by atoms with Gasteiger partial charge < -0.3 is 20.2 Å². The smallest absolute Gasteiger partial charge is 0.303 e. The molecule has 0 aromatic heterocycles. The summed E-state index contributed by atoms with van der Waals surface area (Å²) in [6, 6.07) is 4.67. The van der Waals surface area contributed by atoms with Crippen molar-refractivity contribution in [2.75, 3.05) is 33.2 Å². The Bertz CT molecular complexity index is 1230. The fourth-order valence-corrected chi connectivity index (χ4v) is 5.88. The molecule has 2 amide bonds. The Morgan fingerprint density at radius 3 is 2.19 bits per heavy atom. The number of hydrogen-bond acceptors (Lipinski definition) is 4. The van der Waals surface area contributed by atoms with Gasteiger partial charge in [-0.3, -0.25) is 14.4 Å². The average molecular weight is 612 g/mol. The average Bonchev–Trinajstić information content (AvgIpc) is 3.01. The third-order valence-electron chi connectivity index (χ3n) is 8.18. The maximum atomic E-state index is 14.8. The molecule has 0 spiro atoms. The predicted molar refractivity (Wildman–Crippen MR) is 173 cm³/mol. The first-order valence-corrected chi connectivity index (χ1v) is 16.0. The molecule has 1 aromatic rings. The molecule has 43 heavy (non-hydrogen) atoms. The maximum absolute atomic E-state index is 14.8. The van der Waals surface area contributed by atoms with E-state index in [9.17, 15) is 18.8 Å². The lowest BCUT2D eigenvalue weighted by Gasteiger charge is -2.35. The first-order valence-electron chi connectivity index (χ1n) is 15.6. The van der Waals surface area contributed by atoms with Crippen molar-refractivity contribution in [1.82, 2.24) is 15.1 Å². The van der Waals surface area contributed by atoms with Gasteiger partial charge in [-0.2, -0.15) is 0 Å². The van der Waals surface area contributed by atoms with E-state index in [-0.39, 0.29) is 23.8 Å². The summed E-state index contributed by atoms with van der Waals surface area (Å²) in [5.41, 5.74) is 3.77. The van der Waals surface area contributed by atoms with Crippen LogP contribution in [0.2, 0.25) is 0 Å². The van der Waals surface area contributed by atoms with E-state index in [2.05, 4.69) is 18.0 Å². The molecule has 1 heterocycles. The summed E-state index contributed by atoms with van der Waals surface area (Å²) >= 11 is 5.48. The standard InChI is InChI=1S/C34H46FN3O4S/c1-25(27-13-11-12-14-28(27)33(43)36-2)23-26-17-18-30(35)29(24-26)34(42)38-21-19-37(20-22-38)31(39)15-9-7-5-3-4-6-8-10-16-32(40)41/h11,13,17-18,24H,1,3-10,12,14-16,19-23H2,2H3,(H,36,43)(H,40,41). The molecule has 1 aliphatic heterocycles. The fourth-order valence-electron chi connectivity index (χ4n) is 5.67. The van der Waals surface area contributed by atoms with Gasteiger partial charge in [0.2, 0.25) is 5.91 Å². The number of amides is 2. The molecule has 0 saturated carbocycles. The van der Waals surface area contributed by atoms with Gasteiger partial charge in [-0.05, 0) is 66.5 Å². The quantitative estimate of drug-likeness (QED) is 0.166. The highest BCUT2D eigenvalue weighted by molar-refractivity contribution is 7.80. The normalized spacial score (nSPS) is 15.0. The number of nitrogens with zero attached hydrogens (tertiary/aromatic N) is 2. The monoisotopic (exact) mass is 611 g/mol. The number of halogens is 1. The van der Waals surface area contributed by atoms with Gasteiger partial charge in [0.25, 0.3) is 5.91 Å². The summed E-state index contributed by atoms with van der Waals surface area (Å²) < 4.78 is 14.8. The second-order valence-corrected chi connectivity index (χ2v) is 11.8. The van der Waals surface area contributed by atoms with Crippen molar-refractivity contribution in [3.63, 3.8) is 0 Å². The molecule has 2 aliphatic rings. The Morgan fingerprint density at radius 2 is 1.56 bits per heavy atom. The maximum Gasteiger partial charge on any atom is 0.303 e. The largest absolute Gasteiger partial charge is 0.481 e. The number of unbranched alkanes of at least 4 members (excludes halogenated alkanes) is 7. The molecule has 1 fully saturated rings. The lowest BCUT2D eigenvalue weighted by Crippen LogP contribution is -2.50. The van der Waals surface area contributed by atoms with Crippen LogP contribution in [-0.4, -0.2) is 70.9 Å². The van der Waals surface area contributed by atoms with Crippen molar-refractivity contribution in [3.05, 3.63) is 70.6 Å². The molecule has 234 valence electrons. The molecule has 0 unspecified atom stereocenters. The predicted octanol–water partition coefficient (Wildman–Crippen LogP) is 6.39. The van der Waals surface area contributed by atoms with E-state index in [1.165, 1.54) is 6.07 Å². The van der Waals surface area contributed by atoms with Crippen LogP contribution in [0.3, 0.4) is 0 Å². The second-order valence-electron chi connectivity index (χ2n) is 11.4. The summed E-state index contributed by atoms with van der Waals surface area (Å²) in [7, 11) is 1.81. The van der Waals surface area contributed by atoms with E-state index in [4.69, 9.17) is 17.3 Å². The SMILES string of the molecule is C=C(Cc1ccc(F)c(C(=O)N2CCN(C(=O)CCCCCCCCCCC(=O)O)CC2)c1)C1=C(C(=S)NC)CCC=C1. The lowest BCUT2D eigenvalue weighted by molar-refractivity contribution is -0.137. The van der Waals surface area contributed by atoms with E-state index in [1.54, 1.807) is 17.0 Å². The molecule has 9 heteroatoms. The fraction of sp³-hybridized carbons (Fsp3) is 0.529. The highest BCUT2D eigenvalue weighted by Crippen LogP contribution is 2.28. The van der Waals surface area contributed by atoms with Gasteiger partial charge in [0, 0.05) is 46.1 Å². The zero-order chi connectivity index (χ0) is 31.2. The van der Waals surface area contributed by atoms with Crippen molar-refractivity contribution in [1.29, 1.82) is 0 Å². The highest BCUT2D eigenvalue weighted by Gasteiger charge is 2.26.